The molecule has 4 N–H and O–H groups in total. The SMILES string of the molecule is Cc1nnnn1CCC(=O)N[C@@H]1C[C@@H](C(=O)NCc2cscn2)CC[C@H]1O.O=CO. The maximum Gasteiger partial charge on any atom is 0.290 e. The van der Waals surface area contributed by atoms with Gasteiger partial charge in [0.2, 0.25) is 11.8 Å². The molecule has 0 aromatic carbocycles. The Kier molecular flexibility index (Phi) is 9.28. The normalized spacial score (nSPS) is 20.5. The molecule has 30 heavy (non-hydrogen) atoms. The molecular weight excluding hydrogens is 414 g/mol. The van der Waals surface area contributed by atoms with E-state index in [1.54, 1.807) is 17.1 Å². The second kappa shape index (κ2) is 11.9. The van der Waals surface area contributed by atoms with E-state index in [1.165, 1.54) is 11.3 Å². The molecule has 1 fully saturated rings. The molecule has 1 saturated carbocycles. The van der Waals surface area contributed by atoms with Gasteiger partial charge in [0, 0.05) is 17.7 Å². The van der Waals surface area contributed by atoms with Crippen LogP contribution in [0.3, 0.4) is 0 Å². The molecule has 2 heterocycles. The average Bonchev–Trinajstić information content (AvgIpc) is 3.38. The number of aliphatic hydroxyl groups is 1. The Morgan fingerprint density at radius 2 is 2.17 bits per heavy atom. The van der Waals surface area contributed by atoms with Crippen molar-refractivity contribution in [1.82, 2.24) is 35.8 Å². The van der Waals surface area contributed by atoms with Crippen molar-refractivity contribution >= 4 is 29.6 Å². The molecule has 164 valence electrons. The van der Waals surface area contributed by atoms with Crippen LogP contribution in [0.5, 0.6) is 0 Å². The number of carboxylic acid groups (broad SMARTS) is 1. The van der Waals surface area contributed by atoms with Gasteiger partial charge in [-0.15, -0.1) is 16.4 Å². The minimum atomic E-state index is -0.647. The summed E-state index contributed by atoms with van der Waals surface area (Å²) in [7, 11) is 0. The van der Waals surface area contributed by atoms with E-state index < -0.39 is 12.1 Å². The van der Waals surface area contributed by atoms with E-state index in [0.717, 1.165) is 5.69 Å². The lowest BCUT2D eigenvalue weighted by Crippen LogP contribution is -2.49. The van der Waals surface area contributed by atoms with E-state index >= 15 is 0 Å². The summed E-state index contributed by atoms with van der Waals surface area (Å²) in [4.78, 5) is 37.1. The van der Waals surface area contributed by atoms with Gasteiger partial charge in [-0.05, 0) is 36.6 Å². The monoisotopic (exact) mass is 439 g/mol. The molecule has 3 atom stereocenters. The lowest BCUT2D eigenvalue weighted by molar-refractivity contribution is -0.129. The predicted molar refractivity (Wildman–Crippen MR) is 105 cm³/mol. The highest BCUT2D eigenvalue weighted by Crippen LogP contribution is 2.25. The number of carbonyl (C=O) groups excluding carboxylic acids is 2. The van der Waals surface area contributed by atoms with E-state index in [4.69, 9.17) is 9.90 Å². The van der Waals surface area contributed by atoms with Gasteiger partial charge < -0.3 is 20.8 Å². The Morgan fingerprint density at radius 1 is 1.40 bits per heavy atom. The van der Waals surface area contributed by atoms with Gasteiger partial charge in [-0.25, -0.2) is 9.67 Å². The molecule has 2 aromatic heterocycles. The molecule has 0 radical (unpaired) electrons. The number of hydrogen-bond donors (Lipinski definition) is 4. The summed E-state index contributed by atoms with van der Waals surface area (Å²) in [5, 5.41) is 35.8. The fraction of sp³-hybridized carbons (Fsp3) is 0.588. The highest BCUT2D eigenvalue weighted by atomic mass is 32.1. The van der Waals surface area contributed by atoms with Crippen LogP contribution in [0.25, 0.3) is 0 Å². The van der Waals surface area contributed by atoms with Crippen molar-refractivity contribution in [2.45, 2.75) is 57.8 Å². The Hall–Kier alpha value is -2.93. The van der Waals surface area contributed by atoms with Crippen molar-refractivity contribution < 1.29 is 24.6 Å². The summed E-state index contributed by atoms with van der Waals surface area (Å²) in [6.45, 7) is 2.27. The standard InChI is InChI=1S/C16H23N7O3S.CH2O2/c1-10-20-21-22-23(10)5-4-15(25)19-13-6-11(2-3-14(13)24)16(26)17-7-12-8-27-9-18-12;2-1-3/h8-9,11,13-14,24H,2-7H2,1H3,(H,17,26)(H,19,25);1H,(H,2,3)/t11-,13+,14+;/m0./s1. The molecule has 13 heteroatoms. The molecule has 0 aliphatic heterocycles. The van der Waals surface area contributed by atoms with E-state index in [1.807, 2.05) is 5.38 Å². The molecule has 12 nitrogen and oxygen atoms in total. The van der Waals surface area contributed by atoms with Gasteiger partial charge >= 0.3 is 0 Å². The van der Waals surface area contributed by atoms with Crippen LogP contribution in [0.2, 0.25) is 0 Å². The van der Waals surface area contributed by atoms with E-state index in [2.05, 4.69) is 31.1 Å². The maximum atomic E-state index is 12.4. The van der Waals surface area contributed by atoms with Crippen LogP contribution in [0.1, 0.15) is 37.2 Å². The number of tetrazole rings is 1. The molecule has 2 amide bonds. The molecule has 0 spiro atoms. The first-order chi connectivity index (χ1) is 14.4. The molecule has 1 aliphatic rings. The van der Waals surface area contributed by atoms with Crippen LogP contribution in [0, 0.1) is 12.8 Å². The second-order valence-corrected chi connectivity index (χ2v) is 7.47. The van der Waals surface area contributed by atoms with Gasteiger partial charge in [-0.3, -0.25) is 14.4 Å². The molecule has 0 bridgehead atoms. The van der Waals surface area contributed by atoms with Crippen molar-refractivity contribution in [2.75, 3.05) is 0 Å². The lowest BCUT2D eigenvalue weighted by Gasteiger charge is -2.33. The van der Waals surface area contributed by atoms with Crippen molar-refractivity contribution in [3.8, 4) is 0 Å². The third kappa shape index (κ3) is 7.15. The van der Waals surface area contributed by atoms with Crippen LogP contribution in [-0.4, -0.2) is 65.8 Å². The van der Waals surface area contributed by atoms with Crippen LogP contribution < -0.4 is 10.6 Å². The lowest BCUT2D eigenvalue weighted by atomic mass is 9.83. The number of thiazole rings is 1. The Morgan fingerprint density at radius 3 is 2.80 bits per heavy atom. The summed E-state index contributed by atoms with van der Waals surface area (Å²) < 4.78 is 1.55. The second-order valence-electron chi connectivity index (χ2n) is 6.75. The summed E-state index contributed by atoms with van der Waals surface area (Å²) >= 11 is 1.48. The molecule has 2 aromatic rings. The van der Waals surface area contributed by atoms with Gasteiger partial charge in [0.05, 0.1) is 36.4 Å². The highest BCUT2D eigenvalue weighted by molar-refractivity contribution is 7.07. The summed E-state index contributed by atoms with van der Waals surface area (Å²) in [5.74, 6) is 0.132. The van der Waals surface area contributed by atoms with Crippen LogP contribution in [0.15, 0.2) is 10.9 Å². The highest BCUT2D eigenvalue weighted by Gasteiger charge is 2.33. The largest absolute Gasteiger partial charge is 0.483 e. The number of nitrogens with one attached hydrogen (secondary N) is 2. The number of aryl methyl sites for hydroxylation is 2. The molecule has 0 saturated heterocycles. The number of nitrogens with zero attached hydrogens (tertiary/aromatic N) is 5. The minimum absolute atomic E-state index is 0.0709. The van der Waals surface area contributed by atoms with Crippen LogP contribution in [-0.2, 0) is 27.5 Å². The van der Waals surface area contributed by atoms with Crippen LogP contribution in [0.4, 0.5) is 0 Å². The molecule has 0 unspecified atom stereocenters. The van der Waals surface area contributed by atoms with Gasteiger partial charge in [0.15, 0.2) is 0 Å². The average molecular weight is 439 g/mol. The Bertz CT molecular complexity index is 813. The smallest absolute Gasteiger partial charge is 0.290 e. The number of carbonyl (C=O) groups is 3. The van der Waals surface area contributed by atoms with Crippen molar-refractivity contribution in [3.63, 3.8) is 0 Å². The zero-order valence-electron chi connectivity index (χ0n) is 16.5. The number of hydrogen-bond acceptors (Lipinski definition) is 9. The van der Waals surface area contributed by atoms with Gasteiger partial charge in [0.1, 0.15) is 5.82 Å². The summed E-state index contributed by atoms with van der Waals surface area (Å²) in [6, 6.07) is -0.434. The number of aromatic nitrogens is 5. The summed E-state index contributed by atoms with van der Waals surface area (Å²) in [5.41, 5.74) is 2.55. The fourth-order valence-corrected chi connectivity index (χ4v) is 3.70. The first kappa shape index (κ1) is 23.3. The first-order valence-corrected chi connectivity index (χ1v) is 10.3. The van der Waals surface area contributed by atoms with Crippen molar-refractivity contribution in [1.29, 1.82) is 0 Å². The predicted octanol–water partition coefficient (Wildman–Crippen LogP) is -0.509. The Labute approximate surface area is 176 Å². The van der Waals surface area contributed by atoms with Crippen LogP contribution >= 0.6 is 11.3 Å². The summed E-state index contributed by atoms with van der Waals surface area (Å²) in [6.07, 6.45) is 1.05. The molecular formula is C17H25N7O5S. The van der Waals surface area contributed by atoms with Crippen molar-refractivity contribution in [3.05, 3.63) is 22.4 Å². The fourth-order valence-electron chi connectivity index (χ4n) is 3.14. The third-order valence-electron chi connectivity index (χ3n) is 4.72. The zero-order chi connectivity index (χ0) is 21.9. The van der Waals surface area contributed by atoms with E-state index in [0.29, 0.717) is 38.2 Å². The van der Waals surface area contributed by atoms with Gasteiger partial charge in [-0.2, -0.15) is 0 Å². The zero-order valence-corrected chi connectivity index (χ0v) is 17.3. The third-order valence-corrected chi connectivity index (χ3v) is 5.36. The minimum Gasteiger partial charge on any atom is -0.483 e. The van der Waals surface area contributed by atoms with Gasteiger partial charge in [-0.1, -0.05) is 0 Å². The van der Waals surface area contributed by atoms with E-state index in [9.17, 15) is 14.7 Å². The quantitative estimate of drug-likeness (QED) is 0.415. The topological polar surface area (TPSA) is 172 Å². The van der Waals surface area contributed by atoms with Crippen molar-refractivity contribution in [2.24, 2.45) is 5.92 Å². The molecule has 1 aliphatic carbocycles. The number of amides is 2. The maximum absolute atomic E-state index is 12.4. The van der Waals surface area contributed by atoms with Gasteiger partial charge in [0.25, 0.3) is 6.47 Å². The van der Waals surface area contributed by atoms with E-state index in [-0.39, 0.29) is 30.6 Å². The molecule has 3 rings (SSSR count). The Balaban J connectivity index is 0.00000101. The number of aliphatic hydroxyl groups excluding tert-OH is 1. The first-order valence-electron chi connectivity index (χ1n) is 9.37. The number of rotatable bonds is 7.